The Bertz CT molecular complexity index is 336. The molecule has 1 aliphatic heterocycles. The van der Waals surface area contributed by atoms with Crippen molar-refractivity contribution in [3.05, 3.63) is 21.9 Å². The second-order valence-corrected chi connectivity index (χ2v) is 5.31. The second kappa shape index (κ2) is 5.27. The molecule has 2 atom stereocenters. The van der Waals surface area contributed by atoms with Crippen molar-refractivity contribution in [3.63, 3.8) is 0 Å². The topological polar surface area (TPSA) is 38.5 Å². The van der Waals surface area contributed by atoms with Crippen LogP contribution in [-0.2, 0) is 11.2 Å². The zero-order chi connectivity index (χ0) is 11.5. The lowest BCUT2D eigenvalue weighted by Gasteiger charge is -2.35. The van der Waals surface area contributed by atoms with Crippen LogP contribution in [0.15, 0.2) is 11.4 Å². The number of methoxy groups -OCH3 is 1. The van der Waals surface area contributed by atoms with Gasteiger partial charge in [-0.3, -0.25) is 4.90 Å². The van der Waals surface area contributed by atoms with Crippen molar-refractivity contribution >= 4 is 11.3 Å². The summed E-state index contributed by atoms with van der Waals surface area (Å²) in [5.74, 6) is 0. The number of thiophene rings is 1. The van der Waals surface area contributed by atoms with Crippen molar-refractivity contribution in [1.82, 2.24) is 4.90 Å². The molecule has 0 amide bonds. The first kappa shape index (κ1) is 12.0. The Labute approximate surface area is 101 Å². The minimum atomic E-state index is 0.155. The lowest BCUT2D eigenvalue weighted by molar-refractivity contribution is 0.0537. The van der Waals surface area contributed by atoms with Crippen LogP contribution in [0.3, 0.4) is 0 Å². The van der Waals surface area contributed by atoms with Crippen LogP contribution in [0.25, 0.3) is 0 Å². The van der Waals surface area contributed by atoms with E-state index in [4.69, 9.17) is 10.5 Å². The van der Waals surface area contributed by atoms with Crippen LogP contribution < -0.4 is 5.73 Å². The third-order valence-corrected chi connectivity index (χ3v) is 4.43. The smallest absolute Gasteiger partial charge is 0.0820 e. The highest BCUT2D eigenvalue weighted by atomic mass is 32.1. The van der Waals surface area contributed by atoms with Crippen molar-refractivity contribution in [3.8, 4) is 0 Å². The lowest BCUT2D eigenvalue weighted by atomic mass is 10.0. The Kier molecular flexibility index (Phi) is 3.97. The highest BCUT2D eigenvalue weighted by Crippen LogP contribution is 2.32. The second-order valence-electron chi connectivity index (χ2n) is 4.31. The van der Waals surface area contributed by atoms with Crippen LogP contribution in [0.1, 0.15) is 23.4 Å². The molecule has 0 aromatic carbocycles. The Balaban J connectivity index is 2.04. The summed E-state index contributed by atoms with van der Waals surface area (Å²) in [6, 6.07) is 2.75. The molecule has 0 saturated heterocycles. The summed E-state index contributed by atoms with van der Waals surface area (Å²) in [6.45, 7) is 4.92. The standard InChI is InChI=1S/C12H20N2OS/c1-9-11-4-6-16-12(11)3-5-14(9)8-10(7-13)15-2/h4,6,9-10H,3,5,7-8,13H2,1-2H3. The number of hydrogen-bond donors (Lipinski definition) is 1. The monoisotopic (exact) mass is 240 g/mol. The summed E-state index contributed by atoms with van der Waals surface area (Å²) < 4.78 is 5.36. The summed E-state index contributed by atoms with van der Waals surface area (Å²) in [5.41, 5.74) is 7.16. The maximum atomic E-state index is 5.67. The van der Waals surface area contributed by atoms with Gasteiger partial charge in [0.15, 0.2) is 0 Å². The minimum Gasteiger partial charge on any atom is -0.379 e. The van der Waals surface area contributed by atoms with Crippen molar-refractivity contribution in [2.75, 3.05) is 26.7 Å². The van der Waals surface area contributed by atoms with Gasteiger partial charge in [0.05, 0.1) is 6.10 Å². The molecular weight excluding hydrogens is 220 g/mol. The SMILES string of the molecule is COC(CN)CN1CCc2sccc2C1C. The van der Waals surface area contributed by atoms with E-state index in [0.717, 1.165) is 13.1 Å². The quantitative estimate of drug-likeness (QED) is 0.869. The van der Waals surface area contributed by atoms with Crippen molar-refractivity contribution in [2.45, 2.75) is 25.5 Å². The third kappa shape index (κ3) is 2.30. The van der Waals surface area contributed by atoms with Crippen LogP contribution in [0.5, 0.6) is 0 Å². The van der Waals surface area contributed by atoms with Gasteiger partial charge in [-0.1, -0.05) is 0 Å². The average Bonchev–Trinajstić information content (AvgIpc) is 2.77. The maximum Gasteiger partial charge on any atom is 0.0820 e. The molecule has 3 nitrogen and oxygen atoms in total. The van der Waals surface area contributed by atoms with Crippen LogP contribution in [0.2, 0.25) is 0 Å². The molecule has 1 aromatic rings. The zero-order valence-electron chi connectivity index (χ0n) is 9.98. The van der Waals surface area contributed by atoms with Gasteiger partial charge in [0.1, 0.15) is 0 Å². The van der Waals surface area contributed by atoms with E-state index in [2.05, 4.69) is 23.3 Å². The molecule has 1 aliphatic rings. The van der Waals surface area contributed by atoms with E-state index in [-0.39, 0.29) is 6.10 Å². The molecule has 0 fully saturated rings. The highest BCUT2D eigenvalue weighted by Gasteiger charge is 2.26. The normalized spacial score (nSPS) is 23.1. The predicted octanol–water partition coefficient (Wildman–Crippen LogP) is 1.64. The Morgan fingerprint density at radius 1 is 1.69 bits per heavy atom. The third-order valence-electron chi connectivity index (χ3n) is 3.44. The van der Waals surface area contributed by atoms with Crippen molar-refractivity contribution in [1.29, 1.82) is 0 Å². The number of nitrogens with zero attached hydrogens (tertiary/aromatic N) is 1. The molecule has 90 valence electrons. The van der Waals surface area contributed by atoms with Gasteiger partial charge >= 0.3 is 0 Å². The van der Waals surface area contributed by atoms with Gasteiger partial charge in [0.2, 0.25) is 0 Å². The molecule has 2 rings (SSSR count). The maximum absolute atomic E-state index is 5.67. The molecule has 2 unspecified atom stereocenters. The van der Waals surface area contributed by atoms with Gasteiger partial charge in [-0.05, 0) is 30.4 Å². The van der Waals surface area contributed by atoms with E-state index in [0.29, 0.717) is 12.6 Å². The fourth-order valence-corrected chi connectivity index (χ4v) is 3.28. The van der Waals surface area contributed by atoms with Gasteiger partial charge in [0, 0.05) is 37.7 Å². The zero-order valence-corrected chi connectivity index (χ0v) is 10.8. The number of hydrogen-bond acceptors (Lipinski definition) is 4. The minimum absolute atomic E-state index is 0.155. The van der Waals surface area contributed by atoms with Crippen LogP contribution in [-0.4, -0.2) is 37.7 Å². The van der Waals surface area contributed by atoms with Gasteiger partial charge in [0.25, 0.3) is 0 Å². The molecule has 0 spiro atoms. The molecule has 2 heterocycles. The molecule has 0 saturated carbocycles. The van der Waals surface area contributed by atoms with E-state index in [1.54, 1.807) is 12.0 Å². The fraction of sp³-hybridized carbons (Fsp3) is 0.667. The average molecular weight is 240 g/mol. The predicted molar refractivity (Wildman–Crippen MR) is 67.9 cm³/mol. The summed E-state index contributed by atoms with van der Waals surface area (Å²) in [6.07, 6.45) is 1.32. The molecule has 0 aliphatic carbocycles. The van der Waals surface area contributed by atoms with Crippen LogP contribution >= 0.6 is 11.3 Å². The molecule has 1 aromatic heterocycles. The number of rotatable bonds is 4. The molecule has 0 bridgehead atoms. The van der Waals surface area contributed by atoms with Crippen LogP contribution in [0, 0.1) is 0 Å². The molecular formula is C12H20N2OS. The first-order valence-electron chi connectivity index (χ1n) is 5.79. The van der Waals surface area contributed by atoms with Crippen molar-refractivity contribution in [2.24, 2.45) is 5.73 Å². The van der Waals surface area contributed by atoms with E-state index in [9.17, 15) is 0 Å². The number of ether oxygens (including phenoxy) is 1. The van der Waals surface area contributed by atoms with Crippen molar-refractivity contribution < 1.29 is 4.74 Å². The molecule has 0 radical (unpaired) electrons. The van der Waals surface area contributed by atoms with Gasteiger partial charge in [-0.2, -0.15) is 0 Å². The van der Waals surface area contributed by atoms with Gasteiger partial charge < -0.3 is 10.5 Å². The first-order valence-corrected chi connectivity index (χ1v) is 6.67. The Hall–Kier alpha value is -0.420. The van der Waals surface area contributed by atoms with E-state index < -0.39 is 0 Å². The fourth-order valence-electron chi connectivity index (χ4n) is 2.32. The number of fused-ring (bicyclic) bond motifs is 1. The van der Waals surface area contributed by atoms with E-state index in [1.807, 2.05) is 11.3 Å². The van der Waals surface area contributed by atoms with Crippen LogP contribution in [0.4, 0.5) is 0 Å². The molecule has 2 N–H and O–H groups in total. The van der Waals surface area contributed by atoms with E-state index >= 15 is 0 Å². The molecule has 4 heteroatoms. The summed E-state index contributed by atoms with van der Waals surface area (Å²) >= 11 is 1.88. The Morgan fingerprint density at radius 3 is 3.19 bits per heavy atom. The van der Waals surface area contributed by atoms with E-state index in [1.165, 1.54) is 12.0 Å². The summed E-state index contributed by atoms with van der Waals surface area (Å²) in [4.78, 5) is 4.02. The summed E-state index contributed by atoms with van der Waals surface area (Å²) in [7, 11) is 1.74. The summed E-state index contributed by atoms with van der Waals surface area (Å²) in [5, 5.41) is 2.20. The lowest BCUT2D eigenvalue weighted by Crippen LogP contribution is -2.41. The largest absolute Gasteiger partial charge is 0.379 e. The highest BCUT2D eigenvalue weighted by molar-refractivity contribution is 7.10. The van der Waals surface area contributed by atoms with Gasteiger partial charge in [-0.15, -0.1) is 11.3 Å². The number of nitrogens with two attached hydrogens (primary N) is 1. The van der Waals surface area contributed by atoms with Gasteiger partial charge in [-0.25, -0.2) is 0 Å². The first-order chi connectivity index (χ1) is 7.76. The Morgan fingerprint density at radius 2 is 2.50 bits per heavy atom. The molecule has 16 heavy (non-hydrogen) atoms.